The average molecular weight is 329 g/mol. The van der Waals surface area contributed by atoms with Crippen molar-refractivity contribution in [2.24, 2.45) is 0 Å². The van der Waals surface area contributed by atoms with Crippen LogP contribution in [0.2, 0.25) is 0 Å². The van der Waals surface area contributed by atoms with Gasteiger partial charge in [-0.1, -0.05) is 0 Å². The Morgan fingerprint density at radius 2 is 1.79 bits per heavy atom. The Balaban J connectivity index is 1.81. The number of carboxylic acid groups (broad SMARTS) is 1. The number of carboxylic acids is 1. The van der Waals surface area contributed by atoms with Crippen molar-refractivity contribution in [2.45, 2.75) is 46.0 Å². The number of hydrogen-bond donors (Lipinski definition) is 1. The van der Waals surface area contributed by atoms with E-state index in [-0.39, 0.29) is 6.42 Å². The van der Waals surface area contributed by atoms with Gasteiger partial charge in [0.05, 0.1) is 5.69 Å². The van der Waals surface area contributed by atoms with Gasteiger partial charge in [-0.05, 0) is 57.2 Å². The summed E-state index contributed by atoms with van der Waals surface area (Å²) in [6.45, 7) is 5.91. The van der Waals surface area contributed by atoms with E-state index < -0.39 is 5.97 Å². The third-order valence-electron chi connectivity index (χ3n) is 4.56. The summed E-state index contributed by atoms with van der Waals surface area (Å²) in [7, 11) is 0. The summed E-state index contributed by atoms with van der Waals surface area (Å²) in [5, 5.41) is 22.1. The molecule has 1 N–H and O–H groups in total. The van der Waals surface area contributed by atoms with Crippen molar-refractivity contribution < 1.29 is 9.90 Å². The number of rotatable bonds is 5. The van der Waals surface area contributed by atoms with Crippen molar-refractivity contribution in [3.05, 3.63) is 29.1 Å². The smallest absolute Gasteiger partial charge is 0.303 e. The molecule has 1 fully saturated rings. The molecule has 0 amide bonds. The predicted octanol–water partition coefficient (Wildman–Crippen LogP) is 2.29. The molecule has 24 heavy (non-hydrogen) atoms. The quantitative estimate of drug-likeness (QED) is 0.906. The molecule has 128 valence electrons. The fourth-order valence-electron chi connectivity index (χ4n) is 3.21. The molecule has 0 aromatic carbocycles. The average Bonchev–Trinajstić information content (AvgIpc) is 2.88. The van der Waals surface area contributed by atoms with Crippen molar-refractivity contribution in [2.75, 3.05) is 18.0 Å². The zero-order chi connectivity index (χ0) is 17.1. The zero-order valence-corrected chi connectivity index (χ0v) is 14.2. The summed E-state index contributed by atoms with van der Waals surface area (Å²) in [6.07, 6.45) is 4.27. The SMILES string of the molecule is Cc1nn(-c2ccc(N3CCCCC3)nn2)c(C)c1CCC(=O)O. The maximum atomic E-state index is 10.8. The lowest BCUT2D eigenvalue weighted by Crippen LogP contribution is -2.30. The molecule has 0 saturated carbocycles. The van der Waals surface area contributed by atoms with Gasteiger partial charge in [0.1, 0.15) is 0 Å². The molecule has 1 aliphatic heterocycles. The third kappa shape index (κ3) is 3.39. The van der Waals surface area contributed by atoms with E-state index in [1.165, 1.54) is 19.3 Å². The van der Waals surface area contributed by atoms with E-state index in [1.807, 2.05) is 26.0 Å². The van der Waals surface area contributed by atoms with Crippen LogP contribution in [0.25, 0.3) is 5.82 Å². The summed E-state index contributed by atoms with van der Waals surface area (Å²) in [5.41, 5.74) is 2.74. The van der Waals surface area contributed by atoms with Gasteiger partial charge < -0.3 is 10.0 Å². The highest BCUT2D eigenvalue weighted by Crippen LogP contribution is 2.20. The molecule has 7 nitrogen and oxygen atoms in total. The van der Waals surface area contributed by atoms with Crippen LogP contribution < -0.4 is 4.90 Å². The molecule has 2 aromatic heterocycles. The van der Waals surface area contributed by atoms with Crippen LogP contribution in [0.15, 0.2) is 12.1 Å². The summed E-state index contributed by atoms with van der Waals surface area (Å²) in [6, 6.07) is 3.92. The van der Waals surface area contributed by atoms with Crippen molar-refractivity contribution in [3.8, 4) is 5.82 Å². The molecule has 0 aliphatic carbocycles. The molecule has 0 atom stereocenters. The summed E-state index contributed by atoms with van der Waals surface area (Å²) < 4.78 is 1.75. The van der Waals surface area contributed by atoms with Crippen molar-refractivity contribution in [1.82, 2.24) is 20.0 Å². The number of aromatic nitrogens is 4. The van der Waals surface area contributed by atoms with Crippen LogP contribution in [0, 0.1) is 13.8 Å². The van der Waals surface area contributed by atoms with E-state index in [0.29, 0.717) is 12.2 Å². The van der Waals surface area contributed by atoms with Gasteiger partial charge in [0.2, 0.25) is 0 Å². The Labute approximate surface area is 141 Å². The highest BCUT2D eigenvalue weighted by Gasteiger charge is 2.16. The second-order valence-electron chi connectivity index (χ2n) is 6.25. The monoisotopic (exact) mass is 329 g/mol. The molecule has 3 heterocycles. The molecule has 0 bridgehead atoms. The second kappa shape index (κ2) is 6.98. The highest BCUT2D eigenvalue weighted by atomic mass is 16.4. The van der Waals surface area contributed by atoms with Gasteiger partial charge >= 0.3 is 5.97 Å². The molecule has 7 heteroatoms. The van der Waals surface area contributed by atoms with E-state index >= 15 is 0 Å². The Bertz CT molecular complexity index is 717. The summed E-state index contributed by atoms with van der Waals surface area (Å²) in [4.78, 5) is 13.1. The van der Waals surface area contributed by atoms with E-state index in [4.69, 9.17) is 5.11 Å². The first-order valence-electron chi connectivity index (χ1n) is 8.42. The lowest BCUT2D eigenvalue weighted by molar-refractivity contribution is -0.136. The Morgan fingerprint density at radius 1 is 1.12 bits per heavy atom. The van der Waals surface area contributed by atoms with Crippen LogP contribution >= 0.6 is 0 Å². The van der Waals surface area contributed by atoms with Crippen LogP contribution in [0.1, 0.15) is 42.6 Å². The Kier molecular flexibility index (Phi) is 4.78. The summed E-state index contributed by atoms with van der Waals surface area (Å²) in [5.74, 6) is 0.774. The standard InChI is InChI=1S/C17H23N5O2/c1-12-14(6-9-17(23)24)13(2)22(20-12)16-8-7-15(18-19-16)21-10-4-3-5-11-21/h7-8H,3-6,9-11H2,1-2H3,(H,23,24). The first kappa shape index (κ1) is 16.4. The van der Waals surface area contributed by atoms with Crippen LogP contribution in [0.4, 0.5) is 5.82 Å². The van der Waals surface area contributed by atoms with E-state index in [2.05, 4.69) is 20.2 Å². The first-order valence-corrected chi connectivity index (χ1v) is 8.42. The molecule has 0 radical (unpaired) electrons. The fraction of sp³-hybridized carbons (Fsp3) is 0.529. The van der Waals surface area contributed by atoms with Gasteiger partial charge in [-0.3, -0.25) is 4.79 Å². The number of anilines is 1. The van der Waals surface area contributed by atoms with E-state index in [1.54, 1.807) is 4.68 Å². The number of carbonyl (C=O) groups is 1. The third-order valence-corrected chi connectivity index (χ3v) is 4.56. The minimum atomic E-state index is -0.799. The topological polar surface area (TPSA) is 84.1 Å². The van der Waals surface area contributed by atoms with Crippen LogP contribution in [-0.2, 0) is 11.2 Å². The minimum Gasteiger partial charge on any atom is -0.481 e. The second-order valence-corrected chi connectivity index (χ2v) is 6.25. The van der Waals surface area contributed by atoms with Crippen LogP contribution in [-0.4, -0.2) is 44.1 Å². The lowest BCUT2D eigenvalue weighted by atomic mass is 10.1. The maximum Gasteiger partial charge on any atom is 0.303 e. The van der Waals surface area contributed by atoms with Crippen LogP contribution in [0.5, 0.6) is 0 Å². The van der Waals surface area contributed by atoms with Gasteiger partial charge in [0.15, 0.2) is 11.6 Å². The van der Waals surface area contributed by atoms with Crippen molar-refractivity contribution in [1.29, 1.82) is 0 Å². The molecule has 0 spiro atoms. The number of piperidine rings is 1. The first-order chi connectivity index (χ1) is 11.6. The van der Waals surface area contributed by atoms with Crippen molar-refractivity contribution in [3.63, 3.8) is 0 Å². The van der Waals surface area contributed by atoms with Gasteiger partial charge in [-0.2, -0.15) is 5.10 Å². The Morgan fingerprint density at radius 3 is 2.42 bits per heavy atom. The number of aliphatic carboxylic acids is 1. The number of aryl methyl sites for hydroxylation is 1. The fourth-order valence-corrected chi connectivity index (χ4v) is 3.21. The molecule has 1 saturated heterocycles. The number of nitrogens with zero attached hydrogens (tertiary/aromatic N) is 5. The lowest BCUT2D eigenvalue weighted by Gasteiger charge is -2.27. The van der Waals surface area contributed by atoms with Gasteiger partial charge in [-0.25, -0.2) is 4.68 Å². The van der Waals surface area contributed by atoms with Gasteiger partial charge in [-0.15, -0.1) is 10.2 Å². The predicted molar refractivity (Wildman–Crippen MR) is 90.6 cm³/mol. The molecule has 0 unspecified atom stereocenters. The highest BCUT2D eigenvalue weighted by molar-refractivity contribution is 5.67. The molecule has 3 rings (SSSR count). The molecular formula is C17H23N5O2. The van der Waals surface area contributed by atoms with Gasteiger partial charge in [0, 0.05) is 25.2 Å². The van der Waals surface area contributed by atoms with Crippen LogP contribution in [0.3, 0.4) is 0 Å². The maximum absolute atomic E-state index is 10.8. The van der Waals surface area contributed by atoms with E-state index in [9.17, 15) is 4.79 Å². The Hall–Kier alpha value is -2.44. The molecule has 1 aliphatic rings. The largest absolute Gasteiger partial charge is 0.481 e. The normalized spacial score (nSPS) is 14.8. The summed E-state index contributed by atoms with van der Waals surface area (Å²) >= 11 is 0. The van der Waals surface area contributed by atoms with Gasteiger partial charge in [0.25, 0.3) is 0 Å². The zero-order valence-electron chi connectivity index (χ0n) is 14.2. The minimum absolute atomic E-state index is 0.104. The van der Waals surface area contributed by atoms with E-state index in [0.717, 1.165) is 35.9 Å². The molecular weight excluding hydrogens is 306 g/mol. The number of hydrogen-bond acceptors (Lipinski definition) is 5. The molecule has 2 aromatic rings. The van der Waals surface area contributed by atoms with Crippen molar-refractivity contribution >= 4 is 11.8 Å².